The average molecular weight is 402 g/mol. The van der Waals surface area contributed by atoms with E-state index in [1.807, 2.05) is 43.3 Å². The maximum Gasteiger partial charge on any atom is 0.184 e. The lowest BCUT2D eigenvalue weighted by Crippen LogP contribution is -2.60. The smallest absolute Gasteiger partial charge is 0.184 e. The second kappa shape index (κ2) is 7.67. The molecule has 2 N–H and O–H groups in total. The Bertz CT molecular complexity index is 737. The van der Waals surface area contributed by atoms with Crippen LogP contribution in [0.2, 0.25) is 0 Å². The highest BCUT2D eigenvalue weighted by atomic mass is 79.9. The number of halogens is 1. The van der Waals surface area contributed by atoms with Crippen molar-refractivity contribution in [3.05, 3.63) is 58.2 Å². The Morgan fingerprint density at radius 2 is 2.16 bits per heavy atom. The summed E-state index contributed by atoms with van der Waals surface area (Å²) in [6, 6.07) is 11.7. The highest BCUT2D eigenvalue weighted by molar-refractivity contribution is 9.10. The number of benzene rings is 1. The highest BCUT2D eigenvalue weighted by Gasteiger charge is 2.41. The van der Waals surface area contributed by atoms with E-state index in [1.54, 1.807) is 6.20 Å². The van der Waals surface area contributed by atoms with Crippen molar-refractivity contribution >= 4 is 27.5 Å². The van der Waals surface area contributed by atoms with E-state index in [9.17, 15) is 4.79 Å². The SMILES string of the molecule is Cc1ccccc1C(=O)[C@@]1(CNc2ccc(Br)cn2)CC[C@H](C)CN1. The van der Waals surface area contributed by atoms with Crippen LogP contribution in [0.5, 0.6) is 0 Å². The monoisotopic (exact) mass is 401 g/mol. The minimum Gasteiger partial charge on any atom is -0.368 e. The van der Waals surface area contributed by atoms with E-state index in [0.29, 0.717) is 12.5 Å². The van der Waals surface area contributed by atoms with Gasteiger partial charge in [0.05, 0.1) is 5.54 Å². The standard InChI is InChI=1S/C20H24BrN3O/c1-14-9-10-20(24-11-14,13-23-18-8-7-16(21)12-22-18)19(25)17-6-4-3-5-15(17)2/h3-8,12,14,24H,9-11,13H2,1-2H3,(H,22,23)/t14-,20-/m0/s1. The molecular formula is C20H24BrN3O. The normalized spacial score (nSPS) is 23.2. The molecule has 1 fully saturated rings. The van der Waals surface area contributed by atoms with Crippen LogP contribution < -0.4 is 10.6 Å². The topological polar surface area (TPSA) is 54.0 Å². The zero-order chi connectivity index (χ0) is 17.9. The van der Waals surface area contributed by atoms with Crippen molar-refractivity contribution < 1.29 is 4.79 Å². The van der Waals surface area contributed by atoms with Crippen LogP contribution in [0.25, 0.3) is 0 Å². The number of piperidine rings is 1. The van der Waals surface area contributed by atoms with Crippen molar-refractivity contribution in [2.24, 2.45) is 5.92 Å². The van der Waals surface area contributed by atoms with Crippen LogP contribution in [0.3, 0.4) is 0 Å². The number of nitrogens with zero attached hydrogens (tertiary/aromatic N) is 1. The van der Waals surface area contributed by atoms with Crippen molar-refractivity contribution in [1.82, 2.24) is 10.3 Å². The van der Waals surface area contributed by atoms with Gasteiger partial charge in [0.1, 0.15) is 5.82 Å². The molecule has 25 heavy (non-hydrogen) atoms. The van der Waals surface area contributed by atoms with Crippen LogP contribution in [-0.2, 0) is 0 Å². The second-order valence-electron chi connectivity index (χ2n) is 6.97. The van der Waals surface area contributed by atoms with E-state index in [4.69, 9.17) is 0 Å². The average Bonchev–Trinajstić information content (AvgIpc) is 2.63. The van der Waals surface area contributed by atoms with E-state index in [1.165, 1.54) is 0 Å². The van der Waals surface area contributed by atoms with Gasteiger partial charge in [0, 0.05) is 22.8 Å². The Hall–Kier alpha value is -1.72. The Kier molecular flexibility index (Phi) is 5.54. The third-order valence-corrected chi connectivity index (χ3v) is 5.44. The summed E-state index contributed by atoms with van der Waals surface area (Å²) < 4.78 is 0.938. The summed E-state index contributed by atoms with van der Waals surface area (Å²) >= 11 is 3.40. The Morgan fingerprint density at radius 3 is 2.80 bits per heavy atom. The first-order valence-electron chi connectivity index (χ1n) is 8.71. The fourth-order valence-electron chi connectivity index (χ4n) is 3.29. The highest BCUT2D eigenvalue weighted by Crippen LogP contribution is 2.28. The number of rotatable bonds is 5. The number of Topliss-reactive ketones (excluding diaryl/α,β-unsaturated/α-hetero) is 1. The molecular weight excluding hydrogens is 378 g/mol. The molecule has 4 nitrogen and oxygen atoms in total. The Balaban J connectivity index is 1.84. The number of pyridine rings is 1. The molecule has 2 atom stereocenters. The van der Waals surface area contributed by atoms with Crippen molar-refractivity contribution in [3.8, 4) is 0 Å². The first-order chi connectivity index (χ1) is 12.0. The van der Waals surface area contributed by atoms with E-state index >= 15 is 0 Å². The minimum atomic E-state index is -0.590. The summed E-state index contributed by atoms with van der Waals surface area (Å²) in [5, 5.41) is 6.89. The van der Waals surface area contributed by atoms with Crippen LogP contribution >= 0.6 is 15.9 Å². The molecule has 0 amide bonds. The molecule has 1 aliphatic rings. The first kappa shape index (κ1) is 18.1. The van der Waals surface area contributed by atoms with Crippen LogP contribution in [0.4, 0.5) is 5.82 Å². The number of nitrogens with one attached hydrogen (secondary N) is 2. The third kappa shape index (κ3) is 4.10. The van der Waals surface area contributed by atoms with Crippen LogP contribution in [0.15, 0.2) is 47.1 Å². The van der Waals surface area contributed by atoms with E-state index < -0.39 is 5.54 Å². The number of anilines is 1. The van der Waals surface area contributed by atoms with Crippen molar-refractivity contribution in [1.29, 1.82) is 0 Å². The van der Waals surface area contributed by atoms with Crippen LogP contribution in [0, 0.1) is 12.8 Å². The first-order valence-corrected chi connectivity index (χ1v) is 9.50. The van der Waals surface area contributed by atoms with E-state index in [-0.39, 0.29) is 5.78 Å². The number of hydrogen-bond acceptors (Lipinski definition) is 4. The lowest BCUT2D eigenvalue weighted by molar-refractivity contribution is 0.0806. The third-order valence-electron chi connectivity index (χ3n) is 4.98. The molecule has 1 saturated heterocycles. The Labute approximate surface area is 157 Å². The molecule has 1 aliphatic heterocycles. The molecule has 2 heterocycles. The van der Waals surface area contributed by atoms with Crippen LogP contribution in [0.1, 0.15) is 35.7 Å². The van der Waals surface area contributed by atoms with Crippen molar-refractivity contribution in [3.63, 3.8) is 0 Å². The van der Waals surface area contributed by atoms with Gasteiger partial charge in [-0.1, -0.05) is 31.2 Å². The summed E-state index contributed by atoms with van der Waals surface area (Å²) in [7, 11) is 0. The van der Waals surface area contributed by atoms with Gasteiger partial charge >= 0.3 is 0 Å². The lowest BCUT2D eigenvalue weighted by atomic mass is 9.78. The minimum absolute atomic E-state index is 0.169. The fourth-order valence-corrected chi connectivity index (χ4v) is 3.52. The zero-order valence-electron chi connectivity index (χ0n) is 14.7. The molecule has 0 saturated carbocycles. The molecule has 132 valence electrons. The number of carbonyl (C=O) groups excluding carboxylic acids is 1. The quantitative estimate of drug-likeness (QED) is 0.736. The molecule has 0 spiro atoms. The van der Waals surface area contributed by atoms with Crippen molar-refractivity contribution in [2.75, 3.05) is 18.4 Å². The molecule has 5 heteroatoms. The molecule has 0 radical (unpaired) electrons. The van der Waals surface area contributed by atoms with Gasteiger partial charge in [-0.05, 0) is 65.9 Å². The number of carbonyl (C=O) groups is 1. The van der Waals surface area contributed by atoms with Gasteiger partial charge in [-0.3, -0.25) is 4.79 Å². The number of aromatic nitrogens is 1. The van der Waals surface area contributed by atoms with Gasteiger partial charge in [-0.2, -0.15) is 0 Å². The summed E-state index contributed by atoms with van der Waals surface area (Å²) in [6.45, 7) is 5.60. The van der Waals surface area contributed by atoms with Gasteiger partial charge in [0.25, 0.3) is 0 Å². The molecule has 1 aromatic heterocycles. The zero-order valence-corrected chi connectivity index (χ0v) is 16.3. The molecule has 0 unspecified atom stereocenters. The summed E-state index contributed by atoms with van der Waals surface area (Å²) in [6.07, 6.45) is 3.62. The van der Waals surface area contributed by atoms with Crippen LogP contribution in [-0.4, -0.2) is 29.4 Å². The predicted molar refractivity (Wildman–Crippen MR) is 105 cm³/mol. The van der Waals surface area contributed by atoms with Gasteiger partial charge in [0.2, 0.25) is 0 Å². The summed E-state index contributed by atoms with van der Waals surface area (Å²) in [5.74, 6) is 1.53. The maximum absolute atomic E-state index is 13.4. The molecule has 0 bridgehead atoms. The molecule has 3 rings (SSSR count). The second-order valence-corrected chi connectivity index (χ2v) is 7.88. The summed E-state index contributed by atoms with van der Waals surface area (Å²) in [5.41, 5.74) is 1.23. The molecule has 0 aliphatic carbocycles. The molecule has 2 aromatic rings. The van der Waals surface area contributed by atoms with E-state index in [2.05, 4.69) is 38.5 Å². The number of hydrogen-bond donors (Lipinski definition) is 2. The predicted octanol–water partition coefficient (Wildman–Crippen LogP) is 4.21. The number of ketones is 1. The largest absolute Gasteiger partial charge is 0.368 e. The van der Waals surface area contributed by atoms with Gasteiger partial charge in [-0.25, -0.2) is 4.98 Å². The fraction of sp³-hybridized carbons (Fsp3) is 0.400. The van der Waals surface area contributed by atoms with Gasteiger partial charge in [-0.15, -0.1) is 0 Å². The van der Waals surface area contributed by atoms with Gasteiger partial charge < -0.3 is 10.6 Å². The molecule has 1 aromatic carbocycles. The van der Waals surface area contributed by atoms with E-state index in [0.717, 1.165) is 40.8 Å². The van der Waals surface area contributed by atoms with Crippen molar-refractivity contribution in [2.45, 2.75) is 32.2 Å². The Morgan fingerprint density at radius 1 is 1.36 bits per heavy atom. The summed E-state index contributed by atoms with van der Waals surface area (Å²) in [4.78, 5) is 17.8. The van der Waals surface area contributed by atoms with Gasteiger partial charge in [0.15, 0.2) is 5.78 Å². The number of aryl methyl sites for hydroxylation is 1. The lowest BCUT2D eigenvalue weighted by Gasteiger charge is -2.40. The maximum atomic E-state index is 13.4.